The Morgan fingerprint density at radius 2 is 1.90 bits per heavy atom. The Labute approximate surface area is 125 Å². The lowest BCUT2D eigenvalue weighted by Gasteiger charge is -2.32. The van der Waals surface area contributed by atoms with E-state index in [1.54, 1.807) is 0 Å². The third-order valence-corrected chi connectivity index (χ3v) is 4.24. The van der Waals surface area contributed by atoms with Crippen LogP contribution in [0.25, 0.3) is 6.08 Å². The number of aromatic nitrogens is 1. The van der Waals surface area contributed by atoms with Crippen LogP contribution in [0.15, 0.2) is 17.7 Å². The average Bonchev–Trinajstić information content (AvgIpc) is 2.59. The van der Waals surface area contributed by atoms with Gasteiger partial charge < -0.3 is 15.0 Å². The molecule has 0 saturated carbocycles. The Hall–Kier alpha value is -1.24. The molecule has 0 unspecified atom stereocenters. The summed E-state index contributed by atoms with van der Waals surface area (Å²) >= 11 is 0. The van der Waals surface area contributed by atoms with Gasteiger partial charge in [0.25, 0.3) is 0 Å². The molecule has 1 saturated heterocycles. The van der Waals surface area contributed by atoms with Crippen LogP contribution in [0.1, 0.15) is 38.8 Å². The smallest absolute Gasteiger partial charge is 0.400 e. The molecule has 0 bridgehead atoms. The molecule has 0 amide bonds. The minimum absolute atomic E-state index is 0.278. The summed E-state index contributed by atoms with van der Waals surface area (Å²) in [6.45, 7) is 10.1. The van der Waals surface area contributed by atoms with Crippen LogP contribution < -0.4 is 5.73 Å². The van der Waals surface area contributed by atoms with Crippen molar-refractivity contribution in [1.29, 1.82) is 0 Å². The number of hydrogen-bond acceptors (Lipinski definition) is 4. The minimum atomic E-state index is -0.518. The fourth-order valence-corrected chi connectivity index (χ4v) is 2.09. The van der Waals surface area contributed by atoms with Crippen LogP contribution in [-0.2, 0) is 9.31 Å². The fourth-order valence-electron chi connectivity index (χ4n) is 2.09. The molecule has 0 aliphatic carbocycles. The lowest BCUT2D eigenvalue weighted by Crippen LogP contribution is -2.41. The van der Waals surface area contributed by atoms with E-state index in [1.165, 1.54) is 12.3 Å². The van der Waals surface area contributed by atoms with Crippen LogP contribution in [0, 0.1) is 12.9 Å². The molecule has 0 atom stereocenters. The van der Waals surface area contributed by atoms with E-state index < -0.39 is 24.3 Å². The van der Waals surface area contributed by atoms with E-state index in [2.05, 4.69) is 4.98 Å². The minimum Gasteiger partial charge on any atom is -0.400 e. The predicted octanol–water partition coefficient (Wildman–Crippen LogP) is 2.50. The zero-order valence-electron chi connectivity index (χ0n) is 13.2. The largest absolute Gasteiger partial charge is 0.491 e. The molecule has 0 spiro atoms. The van der Waals surface area contributed by atoms with E-state index in [9.17, 15) is 4.39 Å². The highest BCUT2D eigenvalue weighted by molar-refractivity contribution is 6.55. The summed E-state index contributed by atoms with van der Waals surface area (Å²) in [5.74, 6) is -0.517. The van der Waals surface area contributed by atoms with Gasteiger partial charge in [0, 0.05) is 18.8 Å². The van der Waals surface area contributed by atoms with E-state index in [0.29, 0.717) is 0 Å². The first-order valence-corrected chi connectivity index (χ1v) is 7.04. The first-order chi connectivity index (χ1) is 9.66. The van der Waals surface area contributed by atoms with E-state index in [4.69, 9.17) is 15.0 Å². The molecule has 1 aromatic rings. The summed E-state index contributed by atoms with van der Waals surface area (Å²) in [6, 6.07) is 1.39. The van der Waals surface area contributed by atoms with Gasteiger partial charge >= 0.3 is 7.12 Å². The van der Waals surface area contributed by atoms with Crippen molar-refractivity contribution < 1.29 is 13.7 Å². The summed E-state index contributed by atoms with van der Waals surface area (Å²) in [4.78, 5) is 3.63. The third kappa shape index (κ3) is 3.17. The van der Waals surface area contributed by atoms with Crippen molar-refractivity contribution in [2.24, 2.45) is 5.73 Å². The molecule has 2 rings (SSSR count). The molecule has 6 heteroatoms. The maximum atomic E-state index is 13.3. The highest BCUT2D eigenvalue weighted by Gasteiger charge is 2.52. The Morgan fingerprint density at radius 1 is 1.33 bits per heavy atom. The van der Waals surface area contributed by atoms with Gasteiger partial charge in [-0.05, 0) is 51.2 Å². The van der Waals surface area contributed by atoms with Gasteiger partial charge in [0.2, 0.25) is 5.95 Å². The summed E-state index contributed by atoms with van der Waals surface area (Å²) in [5, 5.41) is 0. The number of halogens is 1. The van der Waals surface area contributed by atoms with E-state index in [0.717, 1.165) is 16.6 Å². The van der Waals surface area contributed by atoms with Crippen LogP contribution in [0.5, 0.6) is 0 Å². The number of aryl methyl sites for hydroxylation is 1. The van der Waals surface area contributed by atoms with Crippen molar-refractivity contribution in [3.8, 4) is 0 Å². The lowest BCUT2D eigenvalue weighted by molar-refractivity contribution is 0.00578. The summed E-state index contributed by atoms with van der Waals surface area (Å²) < 4.78 is 25.2. The van der Waals surface area contributed by atoms with Gasteiger partial charge in [0.15, 0.2) is 0 Å². The maximum absolute atomic E-state index is 13.3. The first kappa shape index (κ1) is 16.1. The van der Waals surface area contributed by atoms with Crippen LogP contribution in [0.4, 0.5) is 4.39 Å². The highest BCUT2D eigenvalue weighted by atomic mass is 19.1. The summed E-state index contributed by atoms with van der Waals surface area (Å²) in [6.07, 6.45) is 3.32. The molecule has 4 nitrogen and oxygen atoms in total. The van der Waals surface area contributed by atoms with Gasteiger partial charge in [-0.3, -0.25) is 0 Å². The van der Waals surface area contributed by atoms with Crippen LogP contribution in [0.3, 0.4) is 0 Å². The molecule has 114 valence electrons. The molecule has 1 aliphatic heterocycles. The van der Waals surface area contributed by atoms with Crippen LogP contribution >= 0.6 is 0 Å². The zero-order valence-corrected chi connectivity index (χ0v) is 13.2. The highest BCUT2D eigenvalue weighted by Crippen LogP contribution is 2.38. The Balaban J connectivity index is 2.33. The predicted molar refractivity (Wildman–Crippen MR) is 82.0 cm³/mol. The van der Waals surface area contributed by atoms with Gasteiger partial charge in [-0.2, -0.15) is 4.39 Å². The van der Waals surface area contributed by atoms with Crippen molar-refractivity contribution in [1.82, 2.24) is 4.98 Å². The zero-order chi connectivity index (χ0) is 15.8. The molecule has 1 fully saturated rings. The molecule has 2 heterocycles. The second-order valence-electron chi connectivity index (χ2n) is 6.38. The van der Waals surface area contributed by atoms with E-state index in [-0.39, 0.29) is 6.54 Å². The van der Waals surface area contributed by atoms with E-state index in [1.807, 2.05) is 40.7 Å². The Bertz CT molecular complexity index is 557. The second kappa shape index (κ2) is 5.52. The average molecular weight is 292 g/mol. The van der Waals surface area contributed by atoms with Gasteiger partial charge in [-0.15, -0.1) is 0 Å². The normalized spacial score (nSPS) is 20.9. The monoisotopic (exact) mass is 292 g/mol. The summed E-state index contributed by atoms with van der Waals surface area (Å²) in [7, 11) is -0.518. The van der Waals surface area contributed by atoms with Crippen molar-refractivity contribution in [3.05, 3.63) is 34.8 Å². The fraction of sp³-hybridized carbons (Fsp3) is 0.533. The SMILES string of the molecule is Cc1cnc(F)cc1C=C(CN)B1OC(C)(C)C(C)(C)O1. The van der Waals surface area contributed by atoms with Gasteiger partial charge in [-0.1, -0.05) is 6.08 Å². The van der Waals surface area contributed by atoms with Crippen molar-refractivity contribution in [2.75, 3.05) is 6.54 Å². The maximum Gasteiger partial charge on any atom is 0.491 e. The summed E-state index contributed by atoms with van der Waals surface area (Å²) in [5.41, 5.74) is 7.36. The van der Waals surface area contributed by atoms with Crippen LogP contribution in [-0.4, -0.2) is 29.8 Å². The number of pyridine rings is 1. The molecule has 0 radical (unpaired) electrons. The van der Waals surface area contributed by atoms with Gasteiger partial charge in [0.05, 0.1) is 11.2 Å². The molecular weight excluding hydrogens is 270 g/mol. The number of rotatable bonds is 3. The number of nitrogens with two attached hydrogens (primary N) is 1. The molecular formula is C15H22BFN2O2. The van der Waals surface area contributed by atoms with E-state index >= 15 is 0 Å². The van der Waals surface area contributed by atoms with Crippen LogP contribution in [0.2, 0.25) is 0 Å². The topological polar surface area (TPSA) is 57.4 Å². The molecule has 0 aromatic carbocycles. The van der Waals surface area contributed by atoms with Gasteiger partial charge in [0.1, 0.15) is 0 Å². The Morgan fingerprint density at radius 3 is 2.43 bits per heavy atom. The van der Waals surface area contributed by atoms with Crippen molar-refractivity contribution in [2.45, 2.75) is 45.8 Å². The van der Waals surface area contributed by atoms with Crippen molar-refractivity contribution >= 4 is 13.2 Å². The standard InChI is InChI=1S/C15H22BFN2O2/c1-10-9-19-13(17)7-11(10)6-12(8-18)16-20-14(2,3)15(4,5)21-16/h6-7,9H,8,18H2,1-5H3. The second-order valence-corrected chi connectivity index (χ2v) is 6.38. The molecule has 1 aliphatic rings. The molecule has 1 aromatic heterocycles. The quantitative estimate of drug-likeness (QED) is 0.687. The number of hydrogen-bond donors (Lipinski definition) is 1. The van der Waals surface area contributed by atoms with Gasteiger partial charge in [-0.25, -0.2) is 4.98 Å². The first-order valence-electron chi connectivity index (χ1n) is 7.04. The van der Waals surface area contributed by atoms with Crippen molar-refractivity contribution in [3.63, 3.8) is 0 Å². The lowest BCUT2D eigenvalue weighted by atomic mass is 9.77. The Kier molecular flexibility index (Phi) is 4.24. The number of nitrogens with zero attached hydrogens (tertiary/aromatic N) is 1. The molecule has 2 N–H and O–H groups in total. The third-order valence-electron chi connectivity index (χ3n) is 4.24. The molecule has 21 heavy (non-hydrogen) atoms.